The molecule has 0 spiro atoms. The number of ether oxygens (including phenoxy) is 1. The number of pyridine rings is 1. The van der Waals surface area contributed by atoms with E-state index >= 15 is 4.39 Å². The molecule has 3 heterocycles. The van der Waals surface area contributed by atoms with Crippen molar-refractivity contribution in [3.63, 3.8) is 0 Å². The first-order valence-corrected chi connectivity index (χ1v) is 13.2. The number of anilines is 1. The monoisotopic (exact) mass is 521 g/mol. The lowest BCUT2D eigenvalue weighted by Gasteiger charge is -2.29. The van der Waals surface area contributed by atoms with Crippen molar-refractivity contribution in [2.24, 2.45) is 5.41 Å². The van der Waals surface area contributed by atoms with Crippen molar-refractivity contribution in [2.45, 2.75) is 26.7 Å². The highest BCUT2D eigenvalue weighted by Crippen LogP contribution is 2.45. The van der Waals surface area contributed by atoms with Crippen molar-refractivity contribution in [1.29, 1.82) is 0 Å². The number of nitrogens with one attached hydrogen (secondary N) is 2. The van der Waals surface area contributed by atoms with Gasteiger partial charge in [0, 0.05) is 32.4 Å². The third kappa shape index (κ3) is 5.13. The molecule has 9 heteroatoms. The average Bonchev–Trinajstić information content (AvgIpc) is 3.38. The standard InChI is InChI=1S/C29H36FN5O3/c1-29(2,18-33(3)4)17-32-28(37)20-16-35-22-9-5-6-10-23(22)38-27-24(31-11-14-34-12-7-8-13-34)21(30)15-19(25(27)35)26(20)36/h5-6,9-10,15-16,31H,7-8,11-14,17-18H2,1-4H3,(H,32,37). The minimum absolute atomic E-state index is 0.0325. The van der Waals surface area contributed by atoms with Gasteiger partial charge in [-0.25, -0.2) is 4.39 Å². The summed E-state index contributed by atoms with van der Waals surface area (Å²) < 4.78 is 23.5. The quantitative estimate of drug-likeness (QED) is 0.346. The van der Waals surface area contributed by atoms with Gasteiger partial charge in [0.1, 0.15) is 16.8 Å². The molecule has 0 saturated carbocycles. The number of rotatable bonds is 9. The molecule has 1 fully saturated rings. The summed E-state index contributed by atoms with van der Waals surface area (Å²) >= 11 is 0. The molecule has 3 aromatic rings. The number of nitrogens with zero attached hydrogens (tertiary/aromatic N) is 3. The molecule has 1 amide bonds. The Kier molecular flexibility index (Phi) is 7.15. The largest absolute Gasteiger partial charge is 0.451 e. The second kappa shape index (κ2) is 10.4. The second-order valence-corrected chi connectivity index (χ2v) is 11.3. The molecule has 2 aliphatic heterocycles. The molecule has 0 aliphatic carbocycles. The SMILES string of the molecule is CN(C)CC(C)(C)CNC(=O)c1cn2c3c(c(NCCN4CCCC4)c(F)cc3c1=O)Oc1ccccc1-2. The van der Waals surface area contributed by atoms with Crippen LogP contribution in [0.25, 0.3) is 16.6 Å². The summed E-state index contributed by atoms with van der Waals surface area (Å²) in [6.45, 7) is 8.71. The molecule has 1 aromatic heterocycles. The van der Waals surface area contributed by atoms with Crippen molar-refractivity contribution in [1.82, 2.24) is 19.7 Å². The summed E-state index contributed by atoms with van der Waals surface area (Å²) in [5.41, 5.74) is 0.600. The van der Waals surface area contributed by atoms with Gasteiger partial charge in [0.05, 0.1) is 11.1 Å². The highest BCUT2D eigenvalue weighted by atomic mass is 19.1. The molecule has 0 atom stereocenters. The van der Waals surface area contributed by atoms with Crippen LogP contribution in [0.4, 0.5) is 10.1 Å². The molecule has 0 bridgehead atoms. The van der Waals surface area contributed by atoms with E-state index in [-0.39, 0.29) is 27.8 Å². The molecular formula is C29H36FN5O3. The van der Waals surface area contributed by atoms with Crippen molar-refractivity contribution >= 4 is 22.5 Å². The van der Waals surface area contributed by atoms with Crippen LogP contribution < -0.4 is 20.8 Å². The average molecular weight is 522 g/mol. The maximum atomic E-state index is 15.5. The van der Waals surface area contributed by atoms with Crippen molar-refractivity contribution in [3.8, 4) is 17.2 Å². The Morgan fingerprint density at radius 3 is 2.66 bits per heavy atom. The maximum absolute atomic E-state index is 15.5. The smallest absolute Gasteiger partial charge is 0.256 e. The van der Waals surface area contributed by atoms with Gasteiger partial charge in [-0.05, 0) is 63.6 Å². The van der Waals surface area contributed by atoms with Crippen LogP contribution >= 0.6 is 0 Å². The number of halogens is 1. The van der Waals surface area contributed by atoms with E-state index in [2.05, 4.69) is 34.3 Å². The molecule has 0 unspecified atom stereocenters. The Morgan fingerprint density at radius 1 is 1.18 bits per heavy atom. The minimum Gasteiger partial charge on any atom is -0.451 e. The van der Waals surface area contributed by atoms with Gasteiger partial charge in [0.2, 0.25) is 5.43 Å². The number of likely N-dealkylation sites (tertiary alicyclic amines) is 1. The number of aromatic nitrogens is 1. The topological polar surface area (TPSA) is 78.8 Å². The van der Waals surface area contributed by atoms with Crippen molar-refractivity contribution in [3.05, 3.63) is 58.1 Å². The van der Waals surface area contributed by atoms with E-state index < -0.39 is 17.2 Å². The molecule has 2 aliphatic rings. The lowest BCUT2D eigenvalue weighted by molar-refractivity contribution is 0.0927. The number of fused-ring (bicyclic) bond motifs is 2. The second-order valence-electron chi connectivity index (χ2n) is 11.3. The zero-order valence-corrected chi connectivity index (χ0v) is 22.6. The fourth-order valence-corrected chi connectivity index (χ4v) is 5.57. The highest BCUT2D eigenvalue weighted by molar-refractivity contribution is 6.01. The summed E-state index contributed by atoms with van der Waals surface area (Å²) in [7, 11) is 3.95. The Morgan fingerprint density at radius 2 is 1.92 bits per heavy atom. The molecule has 0 radical (unpaired) electrons. The molecule has 202 valence electrons. The Labute approximate surface area is 222 Å². The van der Waals surface area contributed by atoms with Crippen molar-refractivity contribution < 1.29 is 13.9 Å². The van der Waals surface area contributed by atoms with Gasteiger partial charge in [-0.2, -0.15) is 0 Å². The summed E-state index contributed by atoms with van der Waals surface area (Å²) in [5, 5.41) is 6.24. The summed E-state index contributed by atoms with van der Waals surface area (Å²) in [4.78, 5) is 31.2. The lowest BCUT2D eigenvalue weighted by Crippen LogP contribution is -2.41. The number of para-hydroxylation sites is 2. The van der Waals surface area contributed by atoms with Crippen LogP contribution in [0.2, 0.25) is 0 Å². The van der Waals surface area contributed by atoms with Gasteiger partial charge < -0.3 is 29.7 Å². The first kappa shape index (κ1) is 26.2. The zero-order chi connectivity index (χ0) is 27.0. The number of hydrogen-bond acceptors (Lipinski definition) is 6. The molecule has 38 heavy (non-hydrogen) atoms. The first-order valence-electron chi connectivity index (χ1n) is 13.2. The first-order chi connectivity index (χ1) is 18.1. The van der Waals surface area contributed by atoms with E-state index in [1.54, 1.807) is 16.8 Å². The number of hydrogen-bond donors (Lipinski definition) is 2. The molecule has 2 aromatic carbocycles. The Hall–Kier alpha value is -3.43. The maximum Gasteiger partial charge on any atom is 0.256 e. The fourth-order valence-electron chi connectivity index (χ4n) is 5.57. The summed E-state index contributed by atoms with van der Waals surface area (Å²) in [5.74, 6) is -0.277. The number of benzene rings is 2. The van der Waals surface area contributed by atoms with Gasteiger partial charge in [-0.15, -0.1) is 0 Å². The third-order valence-electron chi connectivity index (χ3n) is 7.18. The highest BCUT2D eigenvalue weighted by Gasteiger charge is 2.29. The molecule has 1 saturated heterocycles. The van der Waals surface area contributed by atoms with Gasteiger partial charge in [-0.1, -0.05) is 26.0 Å². The van der Waals surface area contributed by atoms with E-state index in [1.165, 1.54) is 18.9 Å². The Bertz CT molecular complexity index is 1430. The molecular weight excluding hydrogens is 485 g/mol. The van der Waals surface area contributed by atoms with Gasteiger partial charge in [-0.3, -0.25) is 9.59 Å². The van der Waals surface area contributed by atoms with Crippen LogP contribution in [0.1, 0.15) is 37.0 Å². The number of carbonyl (C=O) groups excluding carboxylic acids is 1. The lowest BCUT2D eigenvalue weighted by atomic mass is 9.93. The van der Waals surface area contributed by atoms with Crippen LogP contribution in [-0.2, 0) is 0 Å². The van der Waals surface area contributed by atoms with Crippen LogP contribution in [-0.4, -0.2) is 73.6 Å². The van der Waals surface area contributed by atoms with E-state index in [0.717, 1.165) is 26.2 Å². The van der Waals surface area contributed by atoms with E-state index in [1.807, 2.05) is 32.3 Å². The van der Waals surface area contributed by atoms with Crippen LogP contribution in [0, 0.1) is 11.2 Å². The van der Waals surface area contributed by atoms with Crippen molar-refractivity contribution in [2.75, 3.05) is 58.7 Å². The van der Waals surface area contributed by atoms with Crippen LogP contribution in [0.5, 0.6) is 11.5 Å². The summed E-state index contributed by atoms with van der Waals surface area (Å²) in [6.07, 6.45) is 3.92. The van der Waals surface area contributed by atoms with Gasteiger partial charge in [0.25, 0.3) is 5.91 Å². The fraction of sp³-hybridized carbons (Fsp3) is 0.448. The Balaban J connectivity index is 1.54. The molecule has 8 nitrogen and oxygen atoms in total. The van der Waals surface area contributed by atoms with Crippen LogP contribution in [0.3, 0.4) is 0 Å². The third-order valence-corrected chi connectivity index (χ3v) is 7.18. The van der Waals surface area contributed by atoms with Gasteiger partial charge >= 0.3 is 0 Å². The normalized spacial score (nSPS) is 15.0. The number of carbonyl (C=O) groups is 1. The van der Waals surface area contributed by atoms with E-state index in [9.17, 15) is 9.59 Å². The molecule has 2 N–H and O–H groups in total. The summed E-state index contributed by atoms with van der Waals surface area (Å²) in [6, 6.07) is 8.57. The minimum atomic E-state index is -0.582. The number of amides is 1. The predicted molar refractivity (Wildman–Crippen MR) is 148 cm³/mol. The van der Waals surface area contributed by atoms with E-state index in [0.29, 0.717) is 30.0 Å². The zero-order valence-electron chi connectivity index (χ0n) is 22.6. The molecule has 5 rings (SSSR count). The van der Waals surface area contributed by atoms with Gasteiger partial charge in [0.15, 0.2) is 17.3 Å². The predicted octanol–water partition coefficient (Wildman–Crippen LogP) is 4.06. The van der Waals surface area contributed by atoms with Crippen LogP contribution in [0.15, 0.2) is 41.3 Å². The van der Waals surface area contributed by atoms with E-state index in [4.69, 9.17) is 4.74 Å².